The highest BCUT2D eigenvalue weighted by atomic mass is 15.3. The van der Waals surface area contributed by atoms with Crippen LogP contribution in [0.1, 0.15) is 51.4 Å². The van der Waals surface area contributed by atoms with Crippen LogP contribution < -0.4 is 11.3 Å². The SMILES string of the molecule is C=CCCC(NN)C1(N2CCCC2)CCCC1. The van der Waals surface area contributed by atoms with Crippen LogP contribution in [0.15, 0.2) is 12.7 Å². The third kappa shape index (κ3) is 2.56. The van der Waals surface area contributed by atoms with Gasteiger partial charge in [-0.05, 0) is 51.6 Å². The van der Waals surface area contributed by atoms with Crippen LogP contribution in [0.25, 0.3) is 0 Å². The van der Waals surface area contributed by atoms with Gasteiger partial charge in [0.25, 0.3) is 0 Å². The molecule has 2 rings (SSSR count). The maximum absolute atomic E-state index is 5.84. The van der Waals surface area contributed by atoms with E-state index in [2.05, 4.69) is 16.9 Å². The Morgan fingerprint density at radius 1 is 1.24 bits per heavy atom. The highest BCUT2D eigenvalue weighted by molar-refractivity contribution is 5.04. The highest BCUT2D eigenvalue weighted by Crippen LogP contribution is 2.41. The molecule has 0 aromatic carbocycles. The number of rotatable bonds is 6. The molecule has 2 fully saturated rings. The summed E-state index contributed by atoms with van der Waals surface area (Å²) in [4.78, 5) is 2.72. The van der Waals surface area contributed by atoms with Gasteiger partial charge in [0, 0.05) is 11.6 Å². The van der Waals surface area contributed by atoms with E-state index in [1.54, 1.807) is 0 Å². The van der Waals surface area contributed by atoms with Crippen molar-refractivity contribution in [1.29, 1.82) is 0 Å². The molecule has 1 atom stereocenters. The first-order valence-electron chi connectivity index (χ1n) is 7.15. The van der Waals surface area contributed by atoms with Crippen molar-refractivity contribution in [3.05, 3.63) is 12.7 Å². The van der Waals surface area contributed by atoms with Gasteiger partial charge in [0.05, 0.1) is 0 Å². The van der Waals surface area contributed by atoms with Gasteiger partial charge < -0.3 is 0 Å². The van der Waals surface area contributed by atoms with Crippen molar-refractivity contribution in [3.8, 4) is 0 Å². The summed E-state index contributed by atoms with van der Waals surface area (Å²) in [5.74, 6) is 5.84. The van der Waals surface area contributed by atoms with Crippen LogP contribution in [0.3, 0.4) is 0 Å². The van der Waals surface area contributed by atoms with Crippen molar-refractivity contribution in [2.75, 3.05) is 13.1 Å². The van der Waals surface area contributed by atoms with Gasteiger partial charge in [0.15, 0.2) is 0 Å². The number of hydrogen-bond acceptors (Lipinski definition) is 3. The van der Waals surface area contributed by atoms with E-state index in [1.165, 1.54) is 51.6 Å². The number of allylic oxidation sites excluding steroid dienone is 1. The van der Waals surface area contributed by atoms with E-state index in [0.717, 1.165) is 12.8 Å². The van der Waals surface area contributed by atoms with Crippen LogP contribution in [-0.4, -0.2) is 29.6 Å². The molecule has 98 valence electrons. The molecule has 17 heavy (non-hydrogen) atoms. The van der Waals surface area contributed by atoms with E-state index in [1.807, 2.05) is 6.08 Å². The third-order valence-electron chi connectivity index (χ3n) is 4.71. The lowest BCUT2D eigenvalue weighted by atomic mass is 9.84. The van der Waals surface area contributed by atoms with Crippen molar-refractivity contribution in [2.24, 2.45) is 5.84 Å². The van der Waals surface area contributed by atoms with Crippen LogP contribution in [0.2, 0.25) is 0 Å². The Balaban J connectivity index is 2.10. The van der Waals surface area contributed by atoms with E-state index in [0.29, 0.717) is 11.6 Å². The molecule has 0 aromatic rings. The molecular weight excluding hydrogens is 210 g/mol. The number of nitrogens with zero attached hydrogens (tertiary/aromatic N) is 1. The fourth-order valence-electron chi connectivity index (χ4n) is 3.83. The smallest absolute Gasteiger partial charge is 0.0397 e. The zero-order valence-corrected chi connectivity index (χ0v) is 11.0. The molecule has 1 heterocycles. The fraction of sp³-hybridized carbons (Fsp3) is 0.857. The van der Waals surface area contributed by atoms with Crippen LogP contribution in [0.4, 0.5) is 0 Å². The van der Waals surface area contributed by atoms with Crippen molar-refractivity contribution in [1.82, 2.24) is 10.3 Å². The maximum Gasteiger partial charge on any atom is 0.0397 e. The van der Waals surface area contributed by atoms with E-state index in [-0.39, 0.29) is 0 Å². The first-order valence-corrected chi connectivity index (χ1v) is 7.15. The Bertz CT molecular complexity index is 240. The average Bonchev–Trinajstić information content (AvgIpc) is 3.01. The zero-order valence-electron chi connectivity index (χ0n) is 11.0. The summed E-state index contributed by atoms with van der Waals surface area (Å²) in [6.07, 6.45) is 12.3. The molecule has 0 aromatic heterocycles. The Morgan fingerprint density at radius 2 is 1.88 bits per heavy atom. The van der Waals surface area contributed by atoms with E-state index < -0.39 is 0 Å². The molecule has 1 unspecified atom stereocenters. The lowest BCUT2D eigenvalue weighted by molar-refractivity contribution is 0.0734. The molecule has 1 saturated heterocycles. The topological polar surface area (TPSA) is 41.3 Å². The Kier molecular flexibility index (Phi) is 4.60. The number of hydrogen-bond donors (Lipinski definition) is 2. The minimum atomic E-state index is 0.342. The number of nitrogens with two attached hydrogens (primary N) is 1. The summed E-state index contributed by atoms with van der Waals surface area (Å²) in [5.41, 5.74) is 3.45. The number of likely N-dealkylation sites (tertiary alicyclic amines) is 1. The van der Waals surface area contributed by atoms with Gasteiger partial charge in [-0.3, -0.25) is 16.2 Å². The van der Waals surface area contributed by atoms with Gasteiger partial charge in [-0.15, -0.1) is 6.58 Å². The molecule has 1 aliphatic carbocycles. The van der Waals surface area contributed by atoms with E-state index in [4.69, 9.17) is 5.84 Å². The van der Waals surface area contributed by atoms with Crippen molar-refractivity contribution in [3.63, 3.8) is 0 Å². The largest absolute Gasteiger partial charge is 0.296 e. The van der Waals surface area contributed by atoms with Crippen molar-refractivity contribution in [2.45, 2.75) is 62.9 Å². The van der Waals surface area contributed by atoms with Crippen LogP contribution in [-0.2, 0) is 0 Å². The summed E-state index contributed by atoms with van der Waals surface area (Å²) >= 11 is 0. The molecule has 2 aliphatic rings. The number of nitrogens with one attached hydrogen (secondary N) is 1. The van der Waals surface area contributed by atoms with Gasteiger partial charge in [-0.2, -0.15) is 0 Å². The third-order valence-corrected chi connectivity index (χ3v) is 4.71. The van der Waals surface area contributed by atoms with Gasteiger partial charge in [0.2, 0.25) is 0 Å². The van der Waals surface area contributed by atoms with Crippen LogP contribution >= 0.6 is 0 Å². The molecular formula is C14H27N3. The molecule has 1 aliphatic heterocycles. The van der Waals surface area contributed by atoms with Gasteiger partial charge in [-0.1, -0.05) is 18.9 Å². The molecule has 0 spiro atoms. The number of hydrazine groups is 1. The molecule has 0 radical (unpaired) electrons. The summed E-state index contributed by atoms with van der Waals surface area (Å²) < 4.78 is 0. The van der Waals surface area contributed by atoms with Crippen LogP contribution in [0.5, 0.6) is 0 Å². The van der Waals surface area contributed by atoms with Crippen molar-refractivity contribution >= 4 is 0 Å². The molecule has 3 nitrogen and oxygen atoms in total. The molecule has 3 N–H and O–H groups in total. The molecule has 3 heteroatoms. The summed E-state index contributed by atoms with van der Waals surface area (Å²) in [6.45, 7) is 6.37. The molecule has 0 amide bonds. The molecule has 0 bridgehead atoms. The Morgan fingerprint density at radius 3 is 2.41 bits per heavy atom. The minimum absolute atomic E-state index is 0.342. The minimum Gasteiger partial charge on any atom is -0.296 e. The standard InChI is InChI=1S/C14H27N3/c1-2-3-8-13(16-15)14(9-4-5-10-14)17-11-6-7-12-17/h2,13,16H,1,3-12,15H2. The van der Waals surface area contributed by atoms with Gasteiger partial charge in [-0.25, -0.2) is 0 Å². The second-order valence-electron chi connectivity index (χ2n) is 5.59. The first-order chi connectivity index (χ1) is 8.33. The quantitative estimate of drug-likeness (QED) is 0.423. The Labute approximate surface area is 105 Å². The maximum atomic E-state index is 5.84. The van der Waals surface area contributed by atoms with Crippen LogP contribution in [0, 0.1) is 0 Å². The Hall–Kier alpha value is -0.380. The first kappa shape index (κ1) is 13.1. The average molecular weight is 237 g/mol. The fourth-order valence-corrected chi connectivity index (χ4v) is 3.83. The predicted octanol–water partition coefficient (Wildman–Crippen LogP) is 2.19. The van der Waals surface area contributed by atoms with E-state index in [9.17, 15) is 0 Å². The van der Waals surface area contributed by atoms with Crippen molar-refractivity contribution < 1.29 is 0 Å². The summed E-state index contributed by atoms with van der Waals surface area (Å²) in [7, 11) is 0. The predicted molar refractivity (Wildman–Crippen MR) is 72.5 cm³/mol. The zero-order chi connectivity index (χ0) is 12.1. The summed E-state index contributed by atoms with van der Waals surface area (Å²) in [5, 5.41) is 0. The highest BCUT2D eigenvalue weighted by Gasteiger charge is 2.45. The second kappa shape index (κ2) is 5.98. The second-order valence-corrected chi connectivity index (χ2v) is 5.59. The van der Waals surface area contributed by atoms with E-state index >= 15 is 0 Å². The van der Waals surface area contributed by atoms with Gasteiger partial charge in [0.1, 0.15) is 0 Å². The lowest BCUT2D eigenvalue weighted by Gasteiger charge is -2.45. The lowest BCUT2D eigenvalue weighted by Crippen LogP contribution is -2.60. The summed E-state index contributed by atoms with van der Waals surface area (Å²) in [6, 6.07) is 0.432. The normalized spacial score (nSPS) is 26.2. The monoisotopic (exact) mass is 237 g/mol. The molecule has 1 saturated carbocycles. The van der Waals surface area contributed by atoms with Gasteiger partial charge >= 0.3 is 0 Å².